The third kappa shape index (κ3) is 1.48. The van der Waals surface area contributed by atoms with Gasteiger partial charge in [-0.05, 0) is 26.2 Å². The Bertz CT molecular complexity index is 263. The van der Waals surface area contributed by atoms with Crippen LogP contribution in [0, 0.1) is 5.41 Å². The first-order chi connectivity index (χ1) is 6.18. The Balaban J connectivity index is 2.28. The molecule has 2 unspecified atom stereocenters. The summed E-state index contributed by atoms with van der Waals surface area (Å²) in [6.45, 7) is 1.90. The summed E-state index contributed by atoms with van der Waals surface area (Å²) >= 11 is 0. The number of rotatable bonds is 0. The molecule has 0 saturated carbocycles. The Hall–Kier alpha value is -0.830. The molecule has 0 aromatic heterocycles. The molecule has 0 aromatic rings. The van der Waals surface area contributed by atoms with E-state index in [4.69, 9.17) is 11.1 Å². The van der Waals surface area contributed by atoms with Gasteiger partial charge in [0.05, 0.1) is 0 Å². The Labute approximate surface area is 78.9 Å². The number of hydrogen-bond donors (Lipinski definition) is 3. The van der Waals surface area contributed by atoms with Crippen LogP contribution >= 0.6 is 0 Å². The lowest BCUT2D eigenvalue weighted by Crippen LogP contribution is -2.51. The first kappa shape index (κ1) is 8.75. The molecule has 2 bridgehead atoms. The van der Waals surface area contributed by atoms with Crippen LogP contribution in [0.3, 0.4) is 0 Å². The van der Waals surface area contributed by atoms with E-state index in [2.05, 4.69) is 5.32 Å². The molecule has 13 heavy (non-hydrogen) atoms. The molecule has 2 aliphatic heterocycles. The van der Waals surface area contributed by atoms with Gasteiger partial charge in [0, 0.05) is 35.5 Å². The summed E-state index contributed by atoms with van der Waals surface area (Å²) in [5, 5.41) is 11.4. The molecule has 2 saturated heterocycles. The van der Waals surface area contributed by atoms with Gasteiger partial charge in [-0.15, -0.1) is 0 Å². The second-order valence-electron chi connectivity index (χ2n) is 4.13. The molecule has 4 N–H and O–H groups in total. The van der Waals surface area contributed by atoms with E-state index in [-0.39, 0.29) is 0 Å². The van der Waals surface area contributed by atoms with Gasteiger partial charge in [-0.3, -0.25) is 0 Å². The molecule has 2 rings (SSSR count). The van der Waals surface area contributed by atoms with Crippen LogP contribution in [0.4, 0.5) is 0 Å². The third-order valence-corrected chi connectivity index (χ3v) is 3.03. The SMILES string of the molecule is C/C(N)=C1/C(=N)CC2CCCC1N2. The van der Waals surface area contributed by atoms with Crippen molar-refractivity contribution in [3.8, 4) is 0 Å². The van der Waals surface area contributed by atoms with E-state index in [1.54, 1.807) is 0 Å². The number of fused-ring (bicyclic) bond motifs is 2. The number of nitrogens with one attached hydrogen (secondary N) is 2. The van der Waals surface area contributed by atoms with Crippen molar-refractivity contribution >= 4 is 5.71 Å². The Morgan fingerprint density at radius 3 is 3.00 bits per heavy atom. The minimum atomic E-state index is 0.366. The topological polar surface area (TPSA) is 61.9 Å². The summed E-state index contributed by atoms with van der Waals surface area (Å²) in [6, 6.07) is 0.902. The van der Waals surface area contributed by atoms with Crippen LogP contribution in [-0.2, 0) is 0 Å². The van der Waals surface area contributed by atoms with Crippen LogP contribution in [0.1, 0.15) is 32.6 Å². The van der Waals surface area contributed by atoms with Crippen molar-refractivity contribution in [2.24, 2.45) is 5.73 Å². The Morgan fingerprint density at radius 2 is 2.31 bits per heavy atom. The van der Waals surface area contributed by atoms with Gasteiger partial charge in [-0.2, -0.15) is 0 Å². The molecule has 0 amide bonds. The zero-order chi connectivity index (χ0) is 9.42. The predicted molar refractivity (Wildman–Crippen MR) is 53.8 cm³/mol. The van der Waals surface area contributed by atoms with E-state index >= 15 is 0 Å². The molecule has 0 aliphatic carbocycles. The van der Waals surface area contributed by atoms with Gasteiger partial charge < -0.3 is 16.5 Å². The van der Waals surface area contributed by atoms with Crippen molar-refractivity contribution in [1.29, 1.82) is 5.41 Å². The molecular weight excluding hydrogens is 162 g/mol. The lowest BCUT2D eigenvalue weighted by atomic mass is 9.81. The molecule has 72 valence electrons. The molecule has 2 atom stereocenters. The van der Waals surface area contributed by atoms with E-state index in [9.17, 15) is 0 Å². The van der Waals surface area contributed by atoms with Gasteiger partial charge in [0.15, 0.2) is 0 Å². The average Bonchev–Trinajstić information content (AvgIpc) is 2.02. The van der Waals surface area contributed by atoms with Gasteiger partial charge in [-0.25, -0.2) is 0 Å². The molecule has 3 heteroatoms. The highest BCUT2D eigenvalue weighted by atomic mass is 15.0. The van der Waals surface area contributed by atoms with Crippen LogP contribution in [0.2, 0.25) is 0 Å². The second kappa shape index (κ2) is 3.14. The second-order valence-corrected chi connectivity index (χ2v) is 4.13. The van der Waals surface area contributed by atoms with E-state index in [1.807, 2.05) is 6.92 Å². The van der Waals surface area contributed by atoms with E-state index < -0.39 is 0 Å². The monoisotopic (exact) mass is 179 g/mol. The van der Waals surface area contributed by atoms with Crippen LogP contribution in [0.25, 0.3) is 0 Å². The van der Waals surface area contributed by atoms with E-state index in [0.717, 1.165) is 29.8 Å². The maximum atomic E-state index is 7.90. The minimum Gasteiger partial charge on any atom is -0.402 e. The fourth-order valence-electron chi connectivity index (χ4n) is 2.49. The van der Waals surface area contributed by atoms with Gasteiger partial charge >= 0.3 is 0 Å². The summed E-state index contributed by atoms with van der Waals surface area (Å²) in [7, 11) is 0. The quantitative estimate of drug-likeness (QED) is 0.522. The zero-order valence-corrected chi connectivity index (χ0v) is 8.06. The molecule has 0 aromatic carbocycles. The van der Waals surface area contributed by atoms with Crippen molar-refractivity contribution < 1.29 is 0 Å². The number of nitrogens with two attached hydrogens (primary N) is 1. The smallest absolute Gasteiger partial charge is 0.0394 e. The number of piperidine rings is 2. The highest BCUT2D eigenvalue weighted by molar-refractivity contribution is 6.00. The molecule has 0 spiro atoms. The maximum absolute atomic E-state index is 7.90. The van der Waals surface area contributed by atoms with Gasteiger partial charge in [-0.1, -0.05) is 0 Å². The van der Waals surface area contributed by atoms with E-state index in [1.165, 1.54) is 12.8 Å². The van der Waals surface area contributed by atoms with Crippen molar-refractivity contribution in [3.05, 3.63) is 11.3 Å². The van der Waals surface area contributed by atoms with Crippen molar-refractivity contribution in [3.63, 3.8) is 0 Å². The Morgan fingerprint density at radius 1 is 1.54 bits per heavy atom. The van der Waals surface area contributed by atoms with Crippen LogP contribution in [-0.4, -0.2) is 17.8 Å². The average molecular weight is 179 g/mol. The van der Waals surface area contributed by atoms with Crippen LogP contribution in [0.5, 0.6) is 0 Å². The molecule has 0 radical (unpaired) electrons. The maximum Gasteiger partial charge on any atom is 0.0394 e. The van der Waals surface area contributed by atoms with Crippen molar-refractivity contribution in [1.82, 2.24) is 5.32 Å². The third-order valence-electron chi connectivity index (χ3n) is 3.03. The summed E-state index contributed by atoms with van der Waals surface area (Å²) < 4.78 is 0. The minimum absolute atomic E-state index is 0.366. The first-order valence-corrected chi connectivity index (χ1v) is 4.98. The summed E-state index contributed by atoms with van der Waals surface area (Å²) in [4.78, 5) is 0. The fourth-order valence-corrected chi connectivity index (χ4v) is 2.49. The molecule has 2 fully saturated rings. The first-order valence-electron chi connectivity index (χ1n) is 4.98. The van der Waals surface area contributed by atoms with Crippen molar-refractivity contribution in [2.75, 3.05) is 0 Å². The zero-order valence-electron chi connectivity index (χ0n) is 8.06. The van der Waals surface area contributed by atoms with Crippen LogP contribution in [0.15, 0.2) is 11.3 Å². The lowest BCUT2D eigenvalue weighted by Gasteiger charge is -2.38. The molecule has 2 aliphatic rings. The lowest BCUT2D eigenvalue weighted by molar-refractivity contribution is 0.340. The van der Waals surface area contributed by atoms with Gasteiger partial charge in [0.25, 0.3) is 0 Å². The molecular formula is C10H17N3. The van der Waals surface area contributed by atoms with Gasteiger partial charge in [0.1, 0.15) is 0 Å². The van der Waals surface area contributed by atoms with Crippen LogP contribution < -0.4 is 11.1 Å². The molecule has 3 nitrogen and oxygen atoms in total. The number of allylic oxidation sites excluding steroid dienone is 1. The fraction of sp³-hybridized carbons (Fsp3) is 0.700. The predicted octanol–water partition coefficient (Wildman–Crippen LogP) is 1.15. The van der Waals surface area contributed by atoms with Crippen molar-refractivity contribution in [2.45, 2.75) is 44.7 Å². The normalized spacial score (nSPS) is 37.5. The standard InChI is InChI=1S/C10H17N3/c1-6(11)10-8(12)5-7-3-2-4-9(10)13-7/h7,9,12-13H,2-5,11H2,1H3/b10-6+,12-8?. The summed E-state index contributed by atoms with van der Waals surface area (Å²) in [5.74, 6) is 0. The highest BCUT2D eigenvalue weighted by Gasteiger charge is 2.32. The number of hydrogen-bond acceptors (Lipinski definition) is 3. The Kier molecular flexibility index (Phi) is 2.12. The molecule has 2 heterocycles. The highest BCUT2D eigenvalue weighted by Crippen LogP contribution is 2.28. The summed E-state index contributed by atoms with van der Waals surface area (Å²) in [6.07, 6.45) is 4.49. The summed E-state index contributed by atoms with van der Waals surface area (Å²) in [5.41, 5.74) is 8.44. The van der Waals surface area contributed by atoms with Gasteiger partial charge in [0.2, 0.25) is 0 Å². The van der Waals surface area contributed by atoms with E-state index in [0.29, 0.717) is 12.1 Å². The largest absolute Gasteiger partial charge is 0.402 e.